The van der Waals surface area contributed by atoms with Crippen LogP contribution in [0.25, 0.3) is 10.9 Å². The fourth-order valence-corrected chi connectivity index (χ4v) is 4.58. The number of fused-ring (bicyclic) bond motifs is 1. The normalized spacial score (nSPS) is 12.8. The number of amides is 2. The second kappa shape index (κ2) is 11.9. The van der Waals surface area contributed by atoms with Gasteiger partial charge in [-0.15, -0.1) is 0 Å². The van der Waals surface area contributed by atoms with E-state index in [2.05, 4.69) is 10.4 Å². The van der Waals surface area contributed by atoms with Gasteiger partial charge in [-0.3, -0.25) is 19.1 Å². The molecule has 206 valence electrons. The van der Waals surface area contributed by atoms with Crippen molar-refractivity contribution in [2.45, 2.75) is 45.5 Å². The lowest BCUT2D eigenvalue weighted by molar-refractivity contribution is -0.137. The molecule has 1 N–H and O–H groups in total. The van der Waals surface area contributed by atoms with Crippen LogP contribution in [0.2, 0.25) is 5.02 Å². The minimum Gasteiger partial charge on any atom is -0.465 e. The summed E-state index contributed by atoms with van der Waals surface area (Å²) in [5.74, 6) is -2.48. The standard InChI is InChI=1S/C27H28ClFN4O6/c1-15(34)26-23-19(27(37)39-3)5-4-6-20(23)33(31-26)13-22(36)32(18-9-10-18)12-21(35)30-11-16-7-8-17(14-38-2)24(28)25(16)29/h4-8,18H,9-14H2,1-3H3,(H,30,35). The summed E-state index contributed by atoms with van der Waals surface area (Å²) in [6.45, 7) is 0.900. The number of carbonyl (C=O) groups is 4. The Balaban J connectivity index is 1.49. The maximum absolute atomic E-state index is 14.6. The number of halogens is 2. The fourth-order valence-electron chi connectivity index (χ4n) is 4.34. The zero-order valence-electron chi connectivity index (χ0n) is 21.8. The van der Waals surface area contributed by atoms with Gasteiger partial charge in [-0.05, 0) is 30.5 Å². The maximum atomic E-state index is 14.6. The van der Waals surface area contributed by atoms with Gasteiger partial charge in [0.1, 0.15) is 18.1 Å². The summed E-state index contributed by atoms with van der Waals surface area (Å²) in [4.78, 5) is 52.1. The number of ether oxygens (including phenoxy) is 2. The van der Waals surface area contributed by atoms with Crippen molar-refractivity contribution in [3.05, 3.63) is 63.6 Å². The van der Waals surface area contributed by atoms with Crippen molar-refractivity contribution in [2.24, 2.45) is 0 Å². The molecular weight excluding hydrogens is 531 g/mol. The molecule has 39 heavy (non-hydrogen) atoms. The molecule has 3 aromatic rings. The SMILES string of the molecule is COCc1ccc(CNC(=O)CN(C(=O)Cn2nc(C(C)=O)c3c(C(=O)OC)cccc32)C2CC2)c(F)c1Cl. The van der Waals surface area contributed by atoms with Crippen LogP contribution in [-0.2, 0) is 38.8 Å². The molecule has 10 nitrogen and oxygen atoms in total. The van der Waals surface area contributed by atoms with Crippen molar-refractivity contribution in [3.8, 4) is 0 Å². The number of methoxy groups -OCH3 is 2. The van der Waals surface area contributed by atoms with Gasteiger partial charge < -0.3 is 19.7 Å². The molecule has 12 heteroatoms. The number of ketones is 1. The van der Waals surface area contributed by atoms with E-state index in [0.29, 0.717) is 16.5 Å². The summed E-state index contributed by atoms with van der Waals surface area (Å²) in [5, 5.41) is 7.19. The van der Waals surface area contributed by atoms with Gasteiger partial charge in [0.05, 0.1) is 36.4 Å². The zero-order valence-corrected chi connectivity index (χ0v) is 22.5. The second-order valence-electron chi connectivity index (χ2n) is 9.23. The molecule has 1 aliphatic carbocycles. The van der Waals surface area contributed by atoms with Crippen LogP contribution in [0.15, 0.2) is 30.3 Å². The van der Waals surface area contributed by atoms with E-state index >= 15 is 0 Å². The highest BCUT2D eigenvalue weighted by atomic mass is 35.5. The Hall–Kier alpha value is -3.83. The van der Waals surface area contributed by atoms with Crippen LogP contribution in [0.5, 0.6) is 0 Å². The quantitative estimate of drug-likeness (QED) is 0.283. The summed E-state index contributed by atoms with van der Waals surface area (Å²) in [5.41, 5.74) is 1.33. The number of benzene rings is 2. The van der Waals surface area contributed by atoms with E-state index in [1.54, 1.807) is 18.2 Å². The second-order valence-corrected chi connectivity index (χ2v) is 9.61. The van der Waals surface area contributed by atoms with E-state index in [-0.39, 0.29) is 65.8 Å². The Labute approximate surface area is 229 Å². The van der Waals surface area contributed by atoms with E-state index in [9.17, 15) is 23.6 Å². The predicted octanol–water partition coefficient (Wildman–Crippen LogP) is 3.27. The Morgan fingerprint density at radius 1 is 1.15 bits per heavy atom. The Bertz CT molecular complexity index is 1450. The van der Waals surface area contributed by atoms with Gasteiger partial charge in [-0.25, -0.2) is 9.18 Å². The monoisotopic (exact) mass is 558 g/mol. The van der Waals surface area contributed by atoms with Crippen LogP contribution < -0.4 is 5.32 Å². The van der Waals surface area contributed by atoms with Crippen molar-refractivity contribution in [2.75, 3.05) is 20.8 Å². The minimum atomic E-state index is -0.639. The molecule has 2 aromatic carbocycles. The zero-order chi connectivity index (χ0) is 28.3. The van der Waals surface area contributed by atoms with Crippen LogP contribution in [0, 0.1) is 5.82 Å². The molecule has 1 fully saturated rings. The van der Waals surface area contributed by atoms with Gasteiger partial charge in [0.15, 0.2) is 5.78 Å². The lowest BCUT2D eigenvalue weighted by Gasteiger charge is -2.22. The van der Waals surface area contributed by atoms with Gasteiger partial charge in [-0.1, -0.05) is 29.8 Å². The number of hydrogen-bond acceptors (Lipinski definition) is 7. The average molecular weight is 559 g/mol. The lowest BCUT2D eigenvalue weighted by atomic mass is 10.1. The van der Waals surface area contributed by atoms with E-state index in [4.69, 9.17) is 21.1 Å². The maximum Gasteiger partial charge on any atom is 0.338 e. The summed E-state index contributed by atoms with van der Waals surface area (Å²) in [6.07, 6.45) is 1.49. The first-order valence-electron chi connectivity index (χ1n) is 12.3. The third-order valence-corrected chi connectivity index (χ3v) is 6.85. The lowest BCUT2D eigenvalue weighted by Crippen LogP contribution is -2.43. The number of carbonyl (C=O) groups excluding carboxylic acids is 4. The minimum absolute atomic E-state index is 0.0479. The third-order valence-electron chi connectivity index (χ3n) is 6.44. The molecule has 0 bridgehead atoms. The molecule has 0 radical (unpaired) electrons. The van der Waals surface area contributed by atoms with Crippen LogP contribution >= 0.6 is 11.6 Å². The van der Waals surface area contributed by atoms with Gasteiger partial charge in [0.25, 0.3) is 0 Å². The summed E-state index contributed by atoms with van der Waals surface area (Å²) < 4.78 is 25.8. The van der Waals surface area contributed by atoms with Crippen molar-refractivity contribution >= 4 is 46.1 Å². The highest BCUT2D eigenvalue weighted by Gasteiger charge is 2.34. The smallest absolute Gasteiger partial charge is 0.338 e. The van der Waals surface area contributed by atoms with Gasteiger partial charge in [0.2, 0.25) is 11.8 Å². The molecule has 1 heterocycles. The summed E-state index contributed by atoms with van der Waals surface area (Å²) in [6, 6.07) is 7.84. The van der Waals surface area contributed by atoms with Gasteiger partial charge >= 0.3 is 5.97 Å². The average Bonchev–Trinajstić information content (AvgIpc) is 3.69. The van der Waals surface area contributed by atoms with Crippen molar-refractivity contribution < 1.29 is 33.0 Å². The fraction of sp³-hybridized carbons (Fsp3) is 0.370. The van der Waals surface area contributed by atoms with E-state index in [0.717, 1.165) is 12.8 Å². The van der Waals surface area contributed by atoms with Crippen molar-refractivity contribution in [1.29, 1.82) is 0 Å². The molecule has 0 atom stereocenters. The molecule has 2 amide bonds. The predicted molar refractivity (Wildman–Crippen MR) is 140 cm³/mol. The topological polar surface area (TPSA) is 120 Å². The molecule has 4 rings (SSSR count). The molecule has 0 spiro atoms. The molecule has 1 aliphatic rings. The number of nitrogens with zero attached hydrogens (tertiary/aromatic N) is 3. The number of hydrogen-bond donors (Lipinski definition) is 1. The Kier molecular flexibility index (Phi) is 8.61. The van der Waals surface area contributed by atoms with Crippen LogP contribution in [0.4, 0.5) is 4.39 Å². The summed E-state index contributed by atoms with van der Waals surface area (Å²) in [7, 11) is 2.71. The van der Waals surface area contributed by atoms with Gasteiger partial charge in [-0.2, -0.15) is 5.10 Å². The summed E-state index contributed by atoms with van der Waals surface area (Å²) >= 11 is 6.07. The molecule has 1 saturated carbocycles. The van der Waals surface area contributed by atoms with E-state index < -0.39 is 17.7 Å². The first-order chi connectivity index (χ1) is 18.7. The first kappa shape index (κ1) is 28.2. The number of rotatable bonds is 11. The molecule has 0 unspecified atom stereocenters. The van der Waals surface area contributed by atoms with Crippen LogP contribution in [0.3, 0.4) is 0 Å². The number of aromatic nitrogens is 2. The van der Waals surface area contributed by atoms with Crippen LogP contribution in [-0.4, -0.2) is 65.1 Å². The largest absolute Gasteiger partial charge is 0.465 e. The molecular formula is C27H28ClFN4O6. The Morgan fingerprint density at radius 3 is 2.51 bits per heavy atom. The van der Waals surface area contributed by atoms with Gasteiger partial charge in [0, 0.05) is 37.6 Å². The van der Waals surface area contributed by atoms with Crippen molar-refractivity contribution in [1.82, 2.24) is 20.0 Å². The number of esters is 1. The van der Waals surface area contributed by atoms with Crippen molar-refractivity contribution in [3.63, 3.8) is 0 Å². The number of Topliss-reactive ketones (excluding diaryl/α,β-unsaturated/α-hetero) is 1. The van der Waals surface area contributed by atoms with E-state index in [1.165, 1.54) is 42.9 Å². The highest BCUT2D eigenvalue weighted by molar-refractivity contribution is 6.31. The number of nitrogens with one attached hydrogen (secondary N) is 1. The third kappa shape index (κ3) is 6.10. The Morgan fingerprint density at radius 2 is 1.87 bits per heavy atom. The first-order valence-corrected chi connectivity index (χ1v) is 12.6. The van der Waals surface area contributed by atoms with Crippen LogP contribution in [0.1, 0.15) is 51.7 Å². The molecule has 0 saturated heterocycles. The molecule has 0 aliphatic heterocycles. The van der Waals surface area contributed by atoms with E-state index in [1.807, 2.05) is 0 Å². The molecule has 1 aromatic heterocycles. The highest BCUT2D eigenvalue weighted by Crippen LogP contribution is 2.29.